The van der Waals surface area contributed by atoms with E-state index in [4.69, 9.17) is 14.6 Å². The lowest BCUT2D eigenvalue weighted by molar-refractivity contribution is -0.159. The van der Waals surface area contributed by atoms with E-state index in [-0.39, 0.29) is 13.0 Å². The van der Waals surface area contributed by atoms with Gasteiger partial charge in [-0.25, -0.2) is 0 Å². The lowest BCUT2D eigenvalue weighted by Gasteiger charge is -2.14. The Morgan fingerprint density at radius 2 is 1.55 bits per heavy atom. The first-order chi connectivity index (χ1) is 15.0. The largest absolute Gasteiger partial charge is 0.462 e. The van der Waals surface area contributed by atoms with Crippen LogP contribution in [0, 0.1) is 0 Å². The highest BCUT2D eigenvalue weighted by Crippen LogP contribution is 2.05. The lowest BCUT2D eigenvalue weighted by atomic mass is 10.1. The summed E-state index contributed by atoms with van der Waals surface area (Å²) in [6.45, 7) is 2.76. The molecule has 0 radical (unpaired) electrons. The zero-order valence-electron chi connectivity index (χ0n) is 18.8. The second-order valence-electron chi connectivity index (χ2n) is 6.90. The second kappa shape index (κ2) is 20.8. The Bertz CT molecular complexity index is 616. The summed E-state index contributed by atoms with van der Waals surface area (Å²) in [6.07, 6.45) is 23.6. The highest BCUT2D eigenvalue weighted by Gasteiger charge is 2.14. The van der Waals surface area contributed by atoms with Gasteiger partial charge in [0, 0.05) is 13.3 Å². The number of ether oxygens (including phenoxy) is 2. The summed E-state index contributed by atoms with van der Waals surface area (Å²) in [5.74, 6) is -1.00. The first kappa shape index (κ1) is 28.6. The fourth-order valence-electron chi connectivity index (χ4n) is 2.40. The molecule has 0 saturated heterocycles. The second-order valence-corrected chi connectivity index (χ2v) is 6.90. The Morgan fingerprint density at radius 3 is 2.13 bits per heavy atom. The third-order valence-electron chi connectivity index (χ3n) is 3.98. The van der Waals surface area contributed by atoms with Gasteiger partial charge < -0.3 is 19.7 Å². The van der Waals surface area contributed by atoms with Gasteiger partial charge in [0.1, 0.15) is 6.61 Å². The van der Waals surface area contributed by atoms with Crippen molar-refractivity contribution >= 4 is 11.9 Å². The van der Waals surface area contributed by atoms with Crippen molar-refractivity contribution in [1.29, 1.82) is 0 Å². The third-order valence-corrected chi connectivity index (χ3v) is 3.98. The highest BCUT2D eigenvalue weighted by molar-refractivity contribution is 5.69. The van der Waals surface area contributed by atoms with Crippen molar-refractivity contribution in [3.8, 4) is 0 Å². The number of allylic oxidation sites excluding steroid dienone is 9. The van der Waals surface area contributed by atoms with E-state index in [0.29, 0.717) is 12.8 Å². The molecule has 0 bridgehead atoms. The Labute approximate surface area is 186 Å². The fourth-order valence-corrected chi connectivity index (χ4v) is 2.40. The van der Waals surface area contributed by atoms with Crippen LogP contribution in [0.4, 0.5) is 0 Å². The Kier molecular flexibility index (Phi) is 19.2. The molecule has 6 nitrogen and oxygen atoms in total. The predicted molar refractivity (Wildman–Crippen MR) is 123 cm³/mol. The van der Waals surface area contributed by atoms with Gasteiger partial charge in [0.05, 0.1) is 12.7 Å². The quantitative estimate of drug-likeness (QED) is 0.201. The molecule has 174 valence electrons. The first-order valence-corrected chi connectivity index (χ1v) is 10.9. The van der Waals surface area contributed by atoms with Crippen molar-refractivity contribution in [2.75, 3.05) is 13.2 Å². The third kappa shape index (κ3) is 20.6. The normalized spacial score (nSPS) is 14.3. The summed E-state index contributed by atoms with van der Waals surface area (Å²) < 4.78 is 9.73. The Morgan fingerprint density at radius 1 is 0.935 bits per heavy atom. The van der Waals surface area contributed by atoms with Crippen molar-refractivity contribution in [1.82, 2.24) is 0 Å². The topological polar surface area (TPSA) is 93.1 Å². The maximum Gasteiger partial charge on any atom is 0.305 e. The van der Waals surface area contributed by atoms with Crippen LogP contribution in [0.5, 0.6) is 0 Å². The van der Waals surface area contributed by atoms with Crippen molar-refractivity contribution in [2.45, 2.75) is 71.0 Å². The van der Waals surface area contributed by atoms with Crippen LogP contribution in [-0.2, 0) is 19.1 Å². The van der Waals surface area contributed by atoms with E-state index in [1.54, 1.807) is 12.2 Å². The van der Waals surface area contributed by atoms with Crippen LogP contribution in [0.25, 0.3) is 0 Å². The van der Waals surface area contributed by atoms with Gasteiger partial charge in [-0.2, -0.15) is 0 Å². The maximum absolute atomic E-state index is 11.6. The summed E-state index contributed by atoms with van der Waals surface area (Å²) in [6, 6.07) is 0. The molecule has 0 aromatic heterocycles. The van der Waals surface area contributed by atoms with Gasteiger partial charge in [-0.05, 0) is 38.5 Å². The monoisotopic (exact) mass is 434 g/mol. The Balaban J connectivity index is 3.83. The van der Waals surface area contributed by atoms with Crippen molar-refractivity contribution in [3.05, 3.63) is 60.8 Å². The molecule has 1 unspecified atom stereocenters. The van der Waals surface area contributed by atoms with Crippen LogP contribution >= 0.6 is 0 Å². The molecule has 0 aliphatic heterocycles. The molecule has 2 N–H and O–H groups in total. The standard InChI is InChI=1S/C25H38O6/c1-3-4-5-6-7-8-9-10-11-12-13-14-15-17-23(28)18-16-19-25(29)30-21-24(20-26)31-22(2)27/h4-5,7-8,10-11,13-15,17,23-24,26,28H,3,6,9,12,16,18-21H2,1-2H3/b5-4-,8-7-,11-10-,14-13-,17-15+/t23?,24-/m0/s1. The van der Waals surface area contributed by atoms with Gasteiger partial charge in [-0.3, -0.25) is 9.59 Å². The average molecular weight is 435 g/mol. The maximum atomic E-state index is 11.6. The number of hydrogen-bond donors (Lipinski definition) is 2. The molecule has 0 aliphatic carbocycles. The Hall–Kier alpha value is -2.44. The van der Waals surface area contributed by atoms with E-state index in [9.17, 15) is 14.7 Å². The molecule has 2 atom stereocenters. The van der Waals surface area contributed by atoms with Gasteiger partial charge in [-0.15, -0.1) is 0 Å². The van der Waals surface area contributed by atoms with Crippen LogP contribution in [0.1, 0.15) is 58.8 Å². The lowest BCUT2D eigenvalue weighted by Crippen LogP contribution is -2.27. The zero-order valence-corrected chi connectivity index (χ0v) is 18.8. The van der Waals surface area contributed by atoms with Gasteiger partial charge in [0.2, 0.25) is 0 Å². The molecule has 6 heteroatoms. The molecule has 31 heavy (non-hydrogen) atoms. The number of aliphatic hydroxyl groups is 2. The first-order valence-electron chi connectivity index (χ1n) is 10.9. The summed E-state index contributed by atoms with van der Waals surface area (Å²) in [7, 11) is 0. The molecule has 0 spiro atoms. The van der Waals surface area contributed by atoms with Gasteiger partial charge >= 0.3 is 11.9 Å². The molecule has 0 aromatic carbocycles. The summed E-state index contributed by atoms with van der Waals surface area (Å²) in [4.78, 5) is 22.5. The summed E-state index contributed by atoms with van der Waals surface area (Å²) in [5.41, 5.74) is 0. The van der Waals surface area contributed by atoms with E-state index in [0.717, 1.165) is 25.7 Å². The summed E-state index contributed by atoms with van der Waals surface area (Å²) >= 11 is 0. The molecular formula is C25H38O6. The van der Waals surface area contributed by atoms with Crippen molar-refractivity contribution in [2.24, 2.45) is 0 Å². The van der Waals surface area contributed by atoms with Crippen molar-refractivity contribution in [3.63, 3.8) is 0 Å². The number of aliphatic hydroxyl groups excluding tert-OH is 2. The van der Waals surface area contributed by atoms with E-state index in [1.165, 1.54) is 6.92 Å². The van der Waals surface area contributed by atoms with Crippen LogP contribution in [0.15, 0.2) is 60.8 Å². The molecule has 0 aromatic rings. The van der Waals surface area contributed by atoms with E-state index < -0.39 is 30.8 Å². The molecular weight excluding hydrogens is 396 g/mol. The molecule has 0 saturated carbocycles. The molecule has 0 amide bonds. The van der Waals surface area contributed by atoms with Crippen molar-refractivity contribution < 1.29 is 29.3 Å². The van der Waals surface area contributed by atoms with Crippen LogP contribution in [0.2, 0.25) is 0 Å². The number of carbonyl (C=O) groups excluding carboxylic acids is 2. The smallest absolute Gasteiger partial charge is 0.305 e. The minimum absolute atomic E-state index is 0.146. The predicted octanol–water partition coefficient (Wildman–Crippen LogP) is 4.35. The molecule has 0 rings (SSSR count). The van der Waals surface area contributed by atoms with E-state index in [2.05, 4.69) is 43.4 Å². The molecule has 0 fully saturated rings. The number of rotatable bonds is 17. The zero-order chi connectivity index (χ0) is 23.2. The van der Waals surface area contributed by atoms with Crippen LogP contribution < -0.4 is 0 Å². The van der Waals surface area contributed by atoms with Gasteiger partial charge in [-0.1, -0.05) is 67.7 Å². The minimum atomic E-state index is -0.846. The molecule has 0 heterocycles. The average Bonchev–Trinajstić information content (AvgIpc) is 2.74. The van der Waals surface area contributed by atoms with Gasteiger partial charge in [0.15, 0.2) is 6.10 Å². The minimum Gasteiger partial charge on any atom is -0.462 e. The number of carbonyl (C=O) groups is 2. The van der Waals surface area contributed by atoms with Crippen LogP contribution in [0.3, 0.4) is 0 Å². The van der Waals surface area contributed by atoms with E-state index in [1.807, 2.05) is 12.2 Å². The van der Waals surface area contributed by atoms with E-state index >= 15 is 0 Å². The number of hydrogen-bond acceptors (Lipinski definition) is 6. The highest BCUT2D eigenvalue weighted by atomic mass is 16.6. The number of esters is 2. The fraction of sp³-hybridized carbons (Fsp3) is 0.520. The van der Waals surface area contributed by atoms with Gasteiger partial charge in [0.25, 0.3) is 0 Å². The molecule has 0 aliphatic rings. The SMILES string of the molecule is CC/C=C\C/C=C\C/C=C\C/C=C\C=C\C(O)CCCC(=O)OC[C@H](CO)OC(C)=O. The summed E-state index contributed by atoms with van der Waals surface area (Å²) in [5, 5.41) is 18.9. The van der Waals surface area contributed by atoms with Crippen LogP contribution in [-0.4, -0.2) is 47.6 Å².